The third-order valence-electron chi connectivity index (χ3n) is 4.08. The molecular formula is C14H18FIN4. The van der Waals surface area contributed by atoms with Crippen molar-refractivity contribution < 1.29 is 4.39 Å². The van der Waals surface area contributed by atoms with Crippen LogP contribution in [0.5, 0.6) is 0 Å². The van der Waals surface area contributed by atoms with Crippen molar-refractivity contribution in [3.05, 3.63) is 21.5 Å². The predicted molar refractivity (Wildman–Crippen MR) is 87.1 cm³/mol. The molecule has 1 aromatic heterocycles. The van der Waals surface area contributed by atoms with Gasteiger partial charge in [-0.3, -0.25) is 4.90 Å². The van der Waals surface area contributed by atoms with Crippen LogP contribution >= 0.6 is 22.6 Å². The molecule has 1 unspecified atom stereocenters. The molecule has 1 fully saturated rings. The number of benzene rings is 1. The van der Waals surface area contributed by atoms with Crippen LogP contribution < -0.4 is 5.73 Å². The first-order chi connectivity index (χ1) is 9.47. The Morgan fingerprint density at radius 1 is 1.55 bits per heavy atom. The van der Waals surface area contributed by atoms with Gasteiger partial charge in [-0.05, 0) is 55.5 Å². The summed E-state index contributed by atoms with van der Waals surface area (Å²) in [4.78, 5) is 6.71. The lowest BCUT2D eigenvalue weighted by Crippen LogP contribution is -2.34. The standard InChI is InChI=1S/C14H18FIN4/c1-8(19(2)9-3-4-9)7-20-13-5-10(15)11(16)6-12(13)18-14(20)17/h5-6,8-9H,3-4,7H2,1-2H3,(H2,17,18). The van der Waals surface area contributed by atoms with Gasteiger partial charge in [0, 0.05) is 24.7 Å². The fourth-order valence-electron chi connectivity index (χ4n) is 2.57. The van der Waals surface area contributed by atoms with E-state index in [-0.39, 0.29) is 5.82 Å². The molecular weight excluding hydrogens is 370 g/mol. The summed E-state index contributed by atoms with van der Waals surface area (Å²) < 4.78 is 16.3. The average Bonchev–Trinajstić information content (AvgIpc) is 3.19. The van der Waals surface area contributed by atoms with Gasteiger partial charge in [0.15, 0.2) is 0 Å². The number of rotatable bonds is 4. The summed E-state index contributed by atoms with van der Waals surface area (Å²) >= 11 is 1.97. The molecule has 108 valence electrons. The molecule has 0 spiro atoms. The van der Waals surface area contributed by atoms with Crippen molar-refractivity contribution in [2.75, 3.05) is 12.8 Å². The predicted octanol–water partition coefficient (Wildman–Crippen LogP) is 2.84. The van der Waals surface area contributed by atoms with Crippen LogP contribution in [-0.2, 0) is 6.54 Å². The second kappa shape index (κ2) is 5.14. The van der Waals surface area contributed by atoms with E-state index in [1.807, 2.05) is 27.2 Å². The van der Waals surface area contributed by atoms with Gasteiger partial charge in [-0.2, -0.15) is 0 Å². The number of fused-ring (bicyclic) bond motifs is 1. The van der Waals surface area contributed by atoms with Crippen molar-refractivity contribution in [1.29, 1.82) is 0 Å². The number of hydrogen-bond acceptors (Lipinski definition) is 3. The Kier molecular flexibility index (Phi) is 3.62. The number of nitrogens with zero attached hydrogens (tertiary/aromatic N) is 3. The van der Waals surface area contributed by atoms with E-state index in [1.54, 1.807) is 6.07 Å². The number of imidazole rings is 1. The Hall–Kier alpha value is -0.890. The van der Waals surface area contributed by atoms with Crippen molar-refractivity contribution in [2.24, 2.45) is 0 Å². The van der Waals surface area contributed by atoms with Gasteiger partial charge in [-0.15, -0.1) is 0 Å². The number of nitrogens with two attached hydrogens (primary N) is 1. The highest BCUT2D eigenvalue weighted by atomic mass is 127. The molecule has 1 saturated carbocycles. The van der Waals surface area contributed by atoms with E-state index in [9.17, 15) is 4.39 Å². The zero-order valence-corrected chi connectivity index (χ0v) is 13.8. The van der Waals surface area contributed by atoms with Gasteiger partial charge in [0.05, 0.1) is 14.6 Å². The molecule has 3 rings (SSSR count). The first-order valence-electron chi connectivity index (χ1n) is 6.80. The monoisotopic (exact) mass is 388 g/mol. The van der Waals surface area contributed by atoms with Gasteiger partial charge in [0.1, 0.15) is 5.82 Å². The smallest absolute Gasteiger partial charge is 0.201 e. The first-order valence-corrected chi connectivity index (χ1v) is 7.88. The van der Waals surface area contributed by atoms with Gasteiger partial charge in [0.25, 0.3) is 0 Å². The van der Waals surface area contributed by atoms with Crippen LogP contribution in [0.15, 0.2) is 12.1 Å². The minimum atomic E-state index is -0.220. The number of nitrogen functional groups attached to an aromatic ring is 1. The maximum absolute atomic E-state index is 13.8. The Balaban J connectivity index is 1.93. The summed E-state index contributed by atoms with van der Waals surface area (Å²) in [6, 6.07) is 4.32. The van der Waals surface area contributed by atoms with E-state index in [2.05, 4.69) is 23.9 Å². The summed E-state index contributed by atoms with van der Waals surface area (Å²) in [6.07, 6.45) is 2.54. The van der Waals surface area contributed by atoms with Crippen molar-refractivity contribution >= 4 is 39.6 Å². The summed E-state index contributed by atoms with van der Waals surface area (Å²) in [5, 5.41) is 0. The van der Waals surface area contributed by atoms with Crippen molar-refractivity contribution in [3.8, 4) is 0 Å². The normalized spacial score (nSPS) is 17.1. The zero-order chi connectivity index (χ0) is 14.4. The maximum atomic E-state index is 13.8. The number of halogens is 2. The van der Waals surface area contributed by atoms with Crippen LogP contribution in [0.1, 0.15) is 19.8 Å². The molecule has 2 N–H and O–H groups in total. The molecule has 0 amide bonds. The number of likely N-dealkylation sites (N-methyl/N-ethyl adjacent to an activating group) is 1. The summed E-state index contributed by atoms with van der Waals surface area (Å²) in [5.74, 6) is 0.236. The van der Waals surface area contributed by atoms with E-state index in [4.69, 9.17) is 5.73 Å². The van der Waals surface area contributed by atoms with Gasteiger partial charge in [-0.25, -0.2) is 9.37 Å². The minimum Gasteiger partial charge on any atom is -0.369 e. The second-order valence-electron chi connectivity index (χ2n) is 5.58. The minimum absolute atomic E-state index is 0.220. The highest BCUT2D eigenvalue weighted by Gasteiger charge is 2.29. The van der Waals surface area contributed by atoms with E-state index < -0.39 is 0 Å². The Morgan fingerprint density at radius 3 is 2.90 bits per heavy atom. The zero-order valence-electron chi connectivity index (χ0n) is 11.6. The highest BCUT2D eigenvalue weighted by Crippen LogP contribution is 2.28. The fraction of sp³-hybridized carbons (Fsp3) is 0.500. The molecule has 1 heterocycles. The second-order valence-corrected chi connectivity index (χ2v) is 6.74. The van der Waals surface area contributed by atoms with Crippen molar-refractivity contribution in [1.82, 2.24) is 14.5 Å². The number of anilines is 1. The van der Waals surface area contributed by atoms with Crippen molar-refractivity contribution in [3.63, 3.8) is 0 Å². The topological polar surface area (TPSA) is 47.1 Å². The van der Waals surface area contributed by atoms with Gasteiger partial charge in [-0.1, -0.05) is 0 Å². The Labute approximate surface area is 131 Å². The maximum Gasteiger partial charge on any atom is 0.201 e. The van der Waals surface area contributed by atoms with Crippen LogP contribution in [0, 0.1) is 9.39 Å². The third kappa shape index (κ3) is 2.50. The fourth-order valence-corrected chi connectivity index (χ4v) is 3.02. The SMILES string of the molecule is CC(Cn1c(N)nc2cc(I)c(F)cc21)N(C)C1CC1. The van der Waals surface area contributed by atoms with Crippen LogP contribution in [0.25, 0.3) is 11.0 Å². The lowest BCUT2D eigenvalue weighted by Gasteiger charge is -2.25. The Bertz CT molecular complexity index is 650. The van der Waals surface area contributed by atoms with E-state index in [1.165, 1.54) is 18.9 Å². The lowest BCUT2D eigenvalue weighted by molar-refractivity contribution is 0.228. The molecule has 1 atom stereocenters. The molecule has 0 saturated heterocycles. The van der Waals surface area contributed by atoms with E-state index in [0.717, 1.165) is 17.6 Å². The molecule has 20 heavy (non-hydrogen) atoms. The summed E-state index contributed by atoms with van der Waals surface area (Å²) in [7, 11) is 2.14. The molecule has 6 heteroatoms. The average molecular weight is 388 g/mol. The molecule has 1 aliphatic carbocycles. The van der Waals surface area contributed by atoms with Crippen molar-refractivity contribution in [2.45, 2.75) is 38.4 Å². The molecule has 4 nitrogen and oxygen atoms in total. The largest absolute Gasteiger partial charge is 0.369 e. The molecule has 2 aromatic rings. The third-order valence-corrected chi connectivity index (χ3v) is 4.91. The van der Waals surface area contributed by atoms with Crippen LogP contribution in [0.3, 0.4) is 0 Å². The Morgan fingerprint density at radius 2 is 2.25 bits per heavy atom. The van der Waals surface area contributed by atoms with Crippen LogP contribution in [0.4, 0.5) is 10.3 Å². The lowest BCUT2D eigenvalue weighted by atomic mass is 10.2. The van der Waals surface area contributed by atoms with Gasteiger partial charge < -0.3 is 10.3 Å². The highest BCUT2D eigenvalue weighted by molar-refractivity contribution is 14.1. The van der Waals surface area contributed by atoms with E-state index >= 15 is 0 Å². The molecule has 0 radical (unpaired) electrons. The van der Waals surface area contributed by atoms with Gasteiger partial charge in [0.2, 0.25) is 5.95 Å². The first kappa shape index (κ1) is 14.1. The summed E-state index contributed by atoms with van der Waals surface area (Å²) in [5.41, 5.74) is 7.54. The quantitative estimate of drug-likeness (QED) is 0.820. The number of hydrogen-bond donors (Lipinski definition) is 1. The molecule has 0 aliphatic heterocycles. The molecule has 1 aromatic carbocycles. The van der Waals surface area contributed by atoms with Gasteiger partial charge >= 0.3 is 0 Å². The van der Waals surface area contributed by atoms with Crippen LogP contribution in [0.2, 0.25) is 0 Å². The van der Waals surface area contributed by atoms with Crippen LogP contribution in [-0.4, -0.2) is 33.6 Å². The molecule has 0 bridgehead atoms. The summed E-state index contributed by atoms with van der Waals surface area (Å²) in [6.45, 7) is 2.90. The molecule has 1 aliphatic rings. The number of aromatic nitrogens is 2. The van der Waals surface area contributed by atoms with E-state index in [0.29, 0.717) is 21.6 Å².